The quantitative estimate of drug-likeness (QED) is 0.528. The van der Waals surface area contributed by atoms with E-state index in [1.807, 2.05) is 0 Å². The topological polar surface area (TPSA) is 129 Å². The van der Waals surface area contributed by atoms with Crippen LogP contribution in [-0.4, -0.2) is 0 Å². The van der Waals surface area contributed by atoms with Gasteiger partial charge in [0, 0.05) is 0 Å². The molecule has 0 aromatic carbocycles. The molecule has 0 rings (SSSR count). The van der Waals surface area contributed by atoms with E-state index in [2.05, 4.69) is 16.5 Å². The van der Waals surface area contributed by atoms with Crippen LogP contribution in [0.2, 0.25) is 0 Å². The molecule has 57 valence electrons. The summed E-state index contributed by atoms with van der Waals surface area (Å²) in [7, 11) is -1.00. The molecule has 0 bridgehead atoms. The first-order valence-electron chi connectivity index (χ1n) is 1.32. The predicted octanol–water partition coefficient (Wildman–Crippen LogP) is 0.453. The van der Waals surface area contributed by atoms with Crippen LogP contribution in [0.4, 0.5) is 0 Å². The van der Waals surface area contributed by atoms with Gasteiger partial charge in [-0.05, 0) is 0 Å². The van der Waals surface area contributed by atoms with E-state index in [-0.39, 0.29) is 43.2 Å². The van der Waals surface area contributed by atoms with Crippen LogP contribution in [-0.2, 0) is 31.1 Å². The molecule has 0 amide bonds. The van der Waals surface area contributed by atoms with E-state index in [0.29, 0.717) is 0 Å². The summed E-state index contributed by atoms with van der Waals surface area (Å²) in [6.07, 6.45) is 0. The zero-order valence-electron chi connectivity index (χ0n) is 4.71. The molecule has 10 heavy (non-hydrogen) atoms. The summed E-state index contributed by atoms with van der Waals surface area (Å²) in [5.74, 6) is 0. The van der Waals surface area contributed by atoms with Crippen molar-refractivity contribution in [3.8, 4) is 0 Å². The van der Waals surface area contributed by atoms with Crippen LogP contribution < -0.4 is 16.5 Å². The second-order valence-electron chi connectivity index (χ2n) is 0.316. The molecule has 0 heterocycles. The molecule has 6 N–H and O–H groups in total. The minimum Gasteiger partial charge on any atom is -0.256 e. The van der Waals surface area contributed by atoms with Crippen LogP contribution in [0.3, 0.4) is 0 Å². The Labute approximate surface area is 73.8 Å². The Morgan fingerprint density at radius 2 is 0.700 bits per heavy atom. The van der Waals surface area contributed by atoms with Gasteiger partial charge in [-0.2, -0.15) is 0 Å². The fraction of sp³-hybridized carbons (Fsp3) is 0. The maximum atomic E-state index is 8.68. The molecule has 1 radical (unpaired) electrons. The second kappa shape index (κ2) is 53.5. The van der Waals surface area contributed by atoms with E-state index in [1.165, 1.54) is 0 Å². The molecule has 0 atom stereocenters. The zero-order valence-corrected chi connectivity index (χ0v) is 8.66. The predicted molar refractivity (Wildman–Crippen MR) is 35.4 cm³/mol. The Bertz CT molecular complexity index is 55.7. The summed E-state index contributed by atoms with van der Waals surface area (Å²) in [6.45, 7) is 0. The summed E-state index contributed by atoms with van der Waals surface area (Å²) in [5, 5.41) is 0. The van der Waals surface area contributed by atoms with Gasteiger partial charge in [0.2, 0.25) is 25.8 Å². The Morgan fingerprint density at radius 1 is 0.700 bits per heavy atom. The van der Waals surface area contributed by atoms with E-state index in [4.69, 9.17) is 13.7 Å². The summed E-state index contributed by atoms with van der Waals surface area (Å²) in [4.78, 5) is 0. The largest absolute Gasteiger partial charge is 3.00 e. The molecule has 10 heteroatoms. The van der Waals surface area contributed by atoms with Crippen molar-refractivity contribution in [1.29, 1.82) is 0 Å². The molecular weight excluding hydrogens is 235 g/mol. The SMILES string of the molecule is NP=O.NP=O.NP=O.[Cr+3]. The Hall–Kier alpha value is 0.712. The molecule has 0 aliphatic rings. The smallest absolute Gasteiger partial charge is 0.256 e. The van der Waals surface area contributed by atoms with Gasteiger partial charge < -0.3 is 0 Å². The first-order valence-corrected chi connectivity index (χ1v) is 3.97. The second-order valence-corrected chi connectivity index (χ2v) is 0.949. The molecule has 0 aliphatic heterocycles. The third-order valence-corrected chi connectivity index (χ3v) is 0. The fourth-order valence-corrected chi connectivity index (χ4v) is 0. The van der Waals surface area contributed by atoms with Crippen molar-refractivity contribution in [2.24, 2.45) is 16.5 Å². The Balaban J connectivity index is -0.0000000257. The van der Waals surface area contributed by atoms with Crippen molar-refractivity contribution in [2.45, 2.75) is 0 Å². The van der Waals surface area contributed by atoms with Gasteiger partial charge in [0.25, 0.3) is 0 Å². The van der Waals surface area contributed by atoms with Gasteiger partial charge in [-0.3, -0.25) is 30.2 Å². The number of rotatable bonds is 0. The van der Waals surface area contributed by atoms with E-state index in [1.54, 1.807) is 0 Å². The minimum absolute atomic E-state index is 0. The molecule has 6 nitrogen and oxygen atoms in total. The van der Waals surface area contributed by atoms with Gasteiger partial charge in [-0.15, -0.1) is 0 Å². The third-order valence-electron chi connectivity index (χ3n) is 0. The van der Waals surface area contributed by atoms with Gasteiger partial charge in [-0.25, -0.2) is 0 Å². The number of hydrogen-bond acceptors (Lipinski definition) is 3. The van der Waals surface area contributed by atoms with Crippen LogP contribution in [0.5, 0.6) is 0 Å². The summed E-state index contributed by atoms with van der Waals surface area (Å²) in [6, 6.07) is 0. The maximum absolute atomic E-state index is 8.68. The monoisotopic (exact) mass is 241 g/mol. The number of nitrogens with two attached hydrogens (primary N) is 3. The maximum Gasteiger partial charge on any atom is 3.00 e. The van der Waals surface area contributed by atoms with Crippen molar-refractivity contribution < 1.29 is 31.1 Å². The van der Waals surface area contributed by atoms with Crippen molar-refractivity contribution in [3.05, 3.63) is 0 Å². The van der Waals surface area contributed by atoms with Gasteiger partial charge in [0.15, 0.2) is 0 Å². The number of hydrogen-bond donors (Lipinski definition) is 3. The fourth-order valence-electron chi connectivity index (χ4n) is 0. The minimum atomic E-state index is -0.333. The molecule has 0 aliphatic carbocycles. The third kappa shape index (κ3) is 1020. The first-order chi connectivity index (χ1) is 4.24. The van der Waals surface area contributed by atoms with E-state index < -0.39 is 0 Å². The molecular formula is H6CrN3O3P3+3. The molecule has 0 aromatic rings. The van der Waals surface area contributed by atoms with Crippen LogP contribution in [0.1, 0.15) is 0 Å². The molecule has 0 unspecified atom stereocenters. The first kappa shape index (κ1) is 22.4. The molecule has 0 aromatic heterocycles. The van der Waals surface area contributed by atoms with E-state index in [0.717, 1.165) is 0 Å². The average molecular weight is 241 g/mol. The van der Waals surface area contributed by atoms with Crippen molar-refractivity contribution in [2.75, 3.05) is 0 Å². The van der Waals surface area contributed by atoms with Crippen LogP contribution in [0, 0.1) is 0 Å². The van der Waals surface area contributed by atoms with Gasteiger partial charge >= 0.3 is 17.4 Å². The Morgan fingerprint density at radius 3 is 0.700 bits per heavy atom. The van der Waals surface area contributed by atoms with Crippen LogP contribution in [0.15, 0.2) is 0 Å². The zero-order chi connectivity index (χ0) is 8.12. The molecule has 0 spiro atoms. The van der Waals surface area contributed by atoms with Crippen LogP contribution in [0.25, 0.3) is 0 Å². The summed E-state index contributed by atoms with van der Waals surface area (Å²) < 4.78 is 26.0. The standard InChI is InChI=1S/Cr.3H2NOP/c;3*1-3-2/h;3*(H2,1,2)/q+3;;;. The van der Waals surface area contributed by atoms with E-state index in [9.17, 15) is 0 Å². The van der Waals surface area contributed by atoms with E-state index >= 15 is 0 Å². The van der Waals surface area contributed by atoms with Crippen molar-refractivity contribution >= 4 is 25.8 Å². The van der Waals surface area contributed by atoms with Gasteiger partial charge in [0.1, 0.15) is 0 Å². The summed E-state index contributed by atoms with van der Waals surface area (Å²) >= 11 is 0. The summed E-state index contributed by atoms with van der Waals surface area (Å²) in [5.41, 5.74) is 12.8. The van der Waals surface area contributed by atoms with Crippen LogP contribution >= 0.6 is 25.8 Å². The Kier molecular flexibility index (Phi) is 120. The molecule has 0 saturated heterocycles. The van der Waals surface area contributed by atoms with Gasteiger partial charge in [0.05, 0.1) is 0 Å². The molecule has 0 saturated carbocycles. The van der Waals surface area contributed by atoms with Crippen molar-refractivity contribution in [3.63, 3.8) is 0 Å². The average Bonchev–Trinajstić information content (AvgIpc) is 1.70. The van der Waals surface area contributed by atoms with Crippen molar-refractivity contribution in [1.82, 2.24) is 0 Å². The normalized spacial score (nSPS) is 6.30. The van der Waals surface area contributed by atoms with Gasteiger partial charge in [-0.1, -0.05) is 0 Å². The molecule has 0 fully saturated rings.